The number of hydrogen-bond acceptors (Lipinski definition) is 2. The minimum absolute atomic E-state index is 0.143. The van der Waals surface area contributed by atoms with Crippen molar-refractivity contribution in [1.82, 2.24) is 5.32 Å². The van der Waals surface area contributed by atoms with Crippen LogP contribution in [0, 0.1) is 6.92 Å². The number of benzene rings is 1. The Bertz CT molecular complexity index is 502. The van der Waals surface area contributed by atoms with E-state index in [9.17, 15) is 0 Å². The molecule has 1 N–H and O–H groups in total. The Hall–Kier alpha value is -0.540. The van der Waals surface area contributed by atoms with Gasteiger partial charge in [-0.3, -0.25) is 0 Å². The Morgan fingerprint density at radius 3 is 2.47 bits per heavy atom. The van der Waals surface area contributed by atoms with Crippen LogP contribution in [0.3, 0.4) is 0 Å². The number of aryl methyl sites for hydroxylation is 1. The highest BCUT2D eigenvalue weighted by Gasteiger charge is 2.14. The molecule has 1 aromatic carbocycles. The third-order valence-electron chi connectivity index (χ3n) is 2.56. The first-order valence-electron chi connectivity index (χ1n) is 5.29. The lowest BCUT2D eigenvalue weighted by atomic mass is 10.0. The van der Waals surface area contributed by atoms with E-state index in [0.29, 0.717) is 0 Å². The summed E-state index contributed by atoms with van der Waals surface area (Å²) in [7, 11) is 1.94. The highest BCUT2D eigenvalue weighted by atomic mass is 35.5. The van der Waals surface area contributed by atoms with Crippen molar-refractivity contribution in [2.75, 3.05) is 7.05 Å². The molecule has 4 heteroatoms. The van der Waals surface area contributed by atoms with Crippen molar-refractivity contribution < 1.29 is 0 Å². The summed E-state index contributed by atoms with van der Waals surface area (Å²) in [5.74, 6) is 0. The van der Waals surface area contributed by atoms with E-state index < -0.39 is 0 Å². The van der Waals surface area contributed by atoms with Crippen LogP contribution in [0.25, 0.3) is 0 Å². The first kappa shape index (κ1) is 12.9. The summed E-state index contributed by atoms with van der Waals surface area (Å²) >= 11 is 13.7. The van der Waals surface area contributed by atoms with E-state index in [0.717, 1.165) is 20.5 Å². The second-order valence-corrected chi connectivity index (χ2v) is 6.11. The fourth-order valence-corrected chi connectivity index (χ4v) is 3.39. The molecule has 0 aliphatic rings. The minimum Gasteiger partial charge on any atom is -0.309 e. The van der Waals surface area contributed by atoms with Gasteiger partial charge in [0.15, 0.2) is 0 Å². The zero-order valence-corrected chi connectivity index (χ0v) is 12.0. The molecule has 0 aliphatic carbocycles. The van der Waals surface area contributed by atoms with Gasteiger partial charge in [-0.2, -0.15) is 0 Å². The third-order valence-corrected chi connectivity index (χ3v) is 4.08. The van der Waals surface area contributed by atoms with Crippen molar-refractivity contribution in [3.63, 3.8) is 0 Å². The number of nitrogens with one attached hydrogen (secondary N) is 1. The minimum atomic E-state index is 0.143. The maximum absolute atomic E-state index is 6.09. The molecule has 1 atom stereocenters. The van der Waals surface area contributed by atoms with E-state index in [1.807, 2.05) is 38.2 Å². The maximum Gasteiger partial charge on any atom is 0.0931 e. The van der Waals surface area contributed by atoms with Gasteiger partial charge in [0.1, 0.15) is 0 Å². The van der Waals surface area contributed by atoms with Crippen molar-refractivity contribution in [1.29, 1.82) is 0 Å². The standard InChI is InChI=1S/C13H13Cl2NS/c1-8-5-9(7-10(14)6-8)13(16-2)11-3-4-12(15)17-11/h3-7,13,16H,1-2H3. The van der Waals surface area contributed by atoms with E-state index in [-0.39, 0.29) is 6.04 Å². The number of rotatable bonds is 3. The average molecular weight is 286 g/mol. The summed E-state index contributed by atoms with van der Waals surface area (Å²) in [5.41, 5.74) is 2.33. The van der Waals surface area contributed by atoms with Crippen LogP contribution < -0.4 is 5.32 Å². The Morgan fingerprint density at radius 2 is 1.94 bits per heavy atom. The zero-order valence-electron chi connectivity index (χ0n) is 9.63. The highest BCUT2D eigenvalue weighted by molar-refractivity contribution is 7.16. The van der Waals surface area contributed by atoms with Crippen LogP contribution in [-0.4, -0.2) is 7.05 Å². The van der Waals surface area contributed by atoms with E-state index in [1.54, 1.807) is 11.3 Å². The second kappa shape index (κ2) is 5.40. The summed E-state index contributed by atoms with van der Waals surface area (Å²) < 4.78 is 0.805. The van der Waals surface area contributed by atoms with Gasteiger partial charge in [-0.1, -0.05) is 29.3 Å². The molecule has 2 rings (SSSR count). The predicted molar refractivity (Wildman–Crippen MR) is 76.4 cm³/mol. The van der Waals surface area contributed by atoms with Gasteiger partial charge >= 0.3 is 0 Å². The first-order chi connectivity index (χ1) is 8.10. The molecule has 1 unspecified atom stereocenters. The zero-order chi connectivity index (χ0) is 12.4. The Balaban J connectivity index is 2.41. The lowest BCUT2D eigenvalue weighted by Crippen LogP contribution is -2.16. The smallest absolute Gasteiger partial charge is 0.0931 e. The predicted octanol–water partition coefficient (Wildman–Crippen LogP) is 4.67. The summed E-state index contributed by atoms with van der Waals surface area (Å²) in [6.45, 7) is 2.05. The van der Waals surface area contributed by atoms with Crippen molar-refractivity contribution in [3.8, 4) is 0 Å². The molecule has 0 spiro atoms. The Morgan fingerprint density at radius 1 is 1.18 bits per heavy atom. The topological polar surface area (TPSA) is 12.0 Å². The van der Waals surface area contributed by atoms with Crippen LogP contribution in [0.2, 0.25) is 9.36 Å². The van der Waals surface area contributed by atoms with E-state index >= 15 is 0 Å². The lowest BCUT2D eigenvalue weighted by molar-refractivity contribution is 0.703. The van der Waals surface area contributed by atoms with E-state index in [2.05, 4.69) is 11.4 Å². The Kier molecular flexibility index (Phi) is 4.10. The summed E-state index contributed by atoms with van der Waals surface area (Å²) in [5, 5.41) is 4.06. The van der Waals surface area contributed by atoms with Gasteiger partial charge in [-0.15, -0.1) is 11.3 Å². The van der Waals surface area contributed by atoms with E-state index in [1.165, 1.54) is 4.88 Å². The molecule has 0 bridgehead atoms. The van der Waals surface area contributed by atoms with Gasteiger partial charge in [0.25, 0.3) is 0 Å². The van der Waals surface area contributed by atoms with E-state index in [4.69, 9.17) is 23.2 Å². The van der Waals surface area contributed by atoms with Crippen molar-refractivity contribution in [2.45, 2.75) is 13.0 Å². The molecule has 0 radical (unpaired) electrons. The molecule has 1 nitrogen and oxygen atoms in total. The van der Waals surface area contributed by atoms with Gasteiger partial charge < -0.3 is 5.32 Å². The van der Waals surface area contributed by atoms with Crippen molar-refractivity contribution in [2.24, 2.45) is 0 Å². The molecular weight excluding hydrogens is 273 g/mol. The van der Waals surface area contributed by atoms with Gasteiger partial charge in [-0.05, 0) is 49.4 Å². The number of thiophene rings is 1. The molecule has 0 saturated heterocycles. The Labute approximate surface area is 115 Å². The molecule has 1 aromatic heterocycles. The fourth-order valence-electron chi connectivity index (χ4n) is 1.89. The monoisotopic (exact) mass is 285 g/mol. The fraction of sp³-hybridized carbons (Fsp3) is 0.231. The van der Waals surface area contributed by atoms with Crippen LogP contribution in [0.1, 0.15) is 22.0 Å². The second-order valence-electron chi connectivity index (χ2n) is 3.93. The van der Waals surface area contributed by atoms with Crippen LogP contribution in [0.15, 0.2) is 30.3 Å². The normalized spacial score (nSPS) is 12.7. The van der Waals surface area contributed by atoms with Gasteiger partial charge in [0.2, 0.25) is 0 Å². The molecule has 0 saturated carbocycles. The average Bonchev–Trinajstić information content (AvgIpc) is 2.64. The third kappa shape index (κ3) is 3.02. The molecule has 17 heavy (non-hydrogen) atoms. The van der Waals surface area contributed by atoms with Crippen molar-refractivity contribution >= 4 is 34.5 Å². The first-order valence-corrected chi connectivity index (χ1v) is 6.87. The van der Waals surface area contributed by atoms with Crippen LogP contribution >= 0.6 is 34.5 Å². The highest BCUT2D eigenvalue weighted by Crippen LogP contribution is 2.32. The molecule has 0 aliphatic heterocycles. The summed E-state index contributed by atoms with van der Waals surface area (Å²) in [6, 6.07) is 10.2. The van der Waals surface area contributed by atoms with Gasteiger partial charge in [0.05, 0.1) is 10.4 Å². The largest absolute Gasteiger partial charge is 0.309 e. The summed E-state index contributed by atoms with van der Waals surface area (Å²) in [4.78, 5) is 1.19. The molecule has 90 valence electrons. The van der Waals surface area contributed by atoms with Crippen molar-refractivity contribution in [3.05, 3.63) is 55.7 Å². The summed E-state index contributed by atoms with van der Waals surface area (Å²) in [6.07, 6.45) is 0. The van der Waals surface area contributed by atoms with Crippen LogP contribution in [0.5, 0.6) is 0 Å². The molecular formula is C13H13Cl2NS. The van der Waals surface area contributed by atoms with Gasteiger partial charge in [-0.25, -0.2) is 0 Å². The lowest BCUT2D eigenvalue weighted by Gasteiger charge is -2.16. The molecule has 0 fully saturated rings. The van der Waals surface area contributed by atoms with Crippen LogP contribution in [-0.2, 0) is 0 Å². The van der Waals surface area contributed by atoms with Gasteiger partial charge in [0, 0.05) is 9.90 Å². The SMILES string of the molecule is CNC(c1cc(C)cc(Cl)c1)c1ccc(Cl)s1. The molecule has 2 aromatic rings. The van der Waals surface area contributed by atoms with Crippen LogP contribution in [0.4, 0.5) is 0 Å². The molecule has 1 heterocycles. The quantitative estimate of drug-likeness (QED) is 0.864. The number of halogens is 2. The maximum atomic E-state index is 6.09. The molecule has 0 amide bonds. The number of hydrogen-bond donors (Lipinski definition) is 1.